The monoisotopic (exact) mass is 299 g/mol. The third kappa shape index (κ3) is 2.71. The molecule has 0 aliphatic rings. The molecule has 0 bridgehead atoms. The second kappa shape index (κ2) is 5.39. The summed E-state index contributed by atoms with van der Waals surface area (Å²) < 4.78 is 0.882. The first kappa shape index (κ1) is 13.8. The van der Waals surface area contributed by atoms with Gasteiger partial charge in [0.1, 0.15) is 0 Å². The van der Waals surface area contributed by atoms with Gasteiger partial charge in [0.05, 0.1) is 5.71 Å². The van der Waals surface area contributed by atoms with Crippen LogP contribution in [-0.2, 0) is 4.79 Å². The first-order valence-electron chi connectivity index (χ1n) is 4.94. The summed E-state index contributed by atoms with van der Waals surface area (Å²) in [6, 6.07) is 6.94. The van der Waals surface area contributed by atoms with E-state index in [0.717, 1.165) is 4.47 Å². The van der Waals surface area contributed by atoms with Crippen molar-refractivity contribution in [1.29, 1.82) is 5.41 Å². The van der Waals surface area contributed by atoms with Crippen molar-refractivity contribution >= 4 is 27.5 Å². The zero-order chi connectivity index (χ0) is 13.1. The van der Waals surface area contributed by atoms with E-state index in [4.69, 9.17) is 10.6 Å². The number of likely N-dealkylation sites (N-methyl/N-ethyl adjacent to an activating group) is 1. The molecule has 0 spiro atoms. The van der Waals surface area contributed by atoms with E-state index in [1.54, 1.807) is 24.3 Å². The minimum atomic E-state index is -1.47. The minimum Gasteiger partial charge on any atom is -0.357 e. The lowest BCUT2D eigenvalue weighted by atomic mass is 9.90. The average Bonchev–Trinajstić information content (AvgIpc) is 2.36. The van der Waals surface area contributed by atoms with E-state index < -0.39 is 11.4 Å². The Hall–Kier alpha value is -1.24. The number of rotatable bonds is 4. The maximum atomic E-state index is 11.7. The molecule has 6 heteroatoms. The van der Waals surface area contributed by atoms with Crippen LogP contribution in [0.25, 0.3) is 0 Å². The van der Waals surface area contributed by atoms with Crippen LogP contribution in [0.15, 0.2) is 28.7 Å². The molecule has 5 nitrogen and oxygen atoms in total. The Kier molecular flexibility index (Phi) is 4.39. The Morgan fingerprint density at radius 1 is 1.41 bits per heavy atom. The summed E-state index contributed by atoms with van der Waals surface area (Å²) in [4.78, 5) is 11.7. The van der Waals surface area contributed by atoms with Gasteiger partial charge < -0.3 is 15.9 Å². The van der Waals surface area contributed by atoms with Crippen molar-refractivity contribution in [3.05, 3.63) is 34.3 Å². The third-order valence-corrected chi connectivity index (χ3v) is 3.07. The highest BCUT2D eigenvalue weighted by molar-refractivity contribution is 9.10. The average molecular weight is 300 g/mol. The van der Waals surface area contributed by atoms with Crippen molar-refractivity contribution in [2.75, 3.05) is 7.05 Å². The van der Waals surface area contributed by atoms with Gasteiger partial charge in [0, 0.05) is 11.5 Å². The molecular formula is C11H14BrN3O2. The van der Waals surface area contributed by atoms with E-state index in [2.05, 4.69) is 21.2 Å². The maximum Gasteiger partial charge on any atom is 0.248 e. The molecule has 0 aromatic heterocycles. The predicted octanol–water partition coefficient (Wildman–Crippen LogP) is 1.30. The van der Waals surface area contributed by atoms with Crippen LogP contribution in [0.5, 0.6) is 0 Å². The molecule has 0 fully saturated rings. The van der Waals surface area contributed by atoms with E-state index in [0.29, 0.717) is 5.56 Å². The summed E-state index contributed by atoms with van der Waals surface area (Å²) in [5, 5.41) is 19.5. The molecular weight excluding hydrogens is 286 g/mol. The summed E-state index contributed by atoms with van der Waals surface area (Å²) in [5.74, 6) is -0.479. The second-order valence-corrected chi connectivity index (χ2v) is 4.61. The molecule has 1 aromatic rings. The summed E-state index contributed by atoms with van der Waals surface area (Å²) in [6.45, 7) is 1.44. The summed E-state index contributed by atoms with van der Waals surface area (Å²) >= 11 is 3.29. The Morgan fingerprint density at radius 3 is 2.35 bits per heavy atom. The van der Waals surface area contributed by atoms with Gasteiger partial charge in [-0.3, -0.25) is 4.79 Å². The van der Waals surface area contributed by atoms with Crippen LogP contribution in [0.1, 0.15) is 12.5 Å². The Morgan fingerprint density at radius 2 is 1.94 bits per heavy atom. The molecule has 0 aliphatic heterocycles. The zero-order valence-electron chi connectivity index (χ0n) is 9.54. The third-order valence-electron chi connectivity index (χ3n) is 2.54. The van der Waals surface area contributed by atoms with Crippen LogP contribution in [0, 0.1) is 5.41 Å². The summed E-state index contributed by atoms with van der Waals surface area (Å²) in [7, 11) is 1.45. The van der Waals surface area contributed by atoms with Gasteiger partial charge in [0.15, 0.2) is 5.54 Å². The second-order valence-electron chi connectivity index (χ2n) is 3.70. The highest BCUT2D eigenvalue weighted by Gasteiger charge is 2.37. The number of benzene rings is 1. The largest absolute Gasteiger partial charge is 0.357 e. The molecule has 1 rings (SSSR count). The molecule has 1 unspecified atom stereocenters. The number of hydrogen-bond acceptors (Lipinski definition) is 4. The zero-order valence-corrected chi connectivity index (χ0v) is 11.1. The molecule has 92 valence electrons. The summed E-state index contributed by atoms with van der Waals surface area (Å²) in [6.07, 6.45) is 0. The normalized spacial score (nSPS) is 13.9. The van der Waals surface area contributed by atoms with Crippen molar-refractivity contribution in [2.45, 2.75) is 12.5 Å². The van der Waals surface area contributed by atoms with Gasteiger partial charge >= 0.3 is 0 Å². The SMILES string of the molecule is CNC(=O)C(C)(NO)C(=N)c1ccc(Br)cc1. The predicted molar refractivity (Wildman–Crippen MR) is 68.4 cm³/mol. The lowest BCUT2D eigenvalue weighted by Gasteiger charge is -2.26. The lowest BCUT2D eigenvalue weighted by molar-refractivity contribution is -0.127. The van der Waals surface area contributed by atoms with Crippen LogP contribution in [0.3, 0.4) is 0 Å². The van der Waals surface area contributed by atoms with Crippen LogP contribution >= 0.6 is 15.9 Å². The number of halogens is 1. The van der Waals surface area contributed by atoms with Crippen molar-refractivity contribution in [3.8, 4) is 0 Å². The molecule has 0 saturated heterocycles. The maximum absolute atomic E-state index is 11.7. The van der Waals surface area contributed by atoms with Crippen molar-refractivity contribution in [3.63, 3.8) is 0 Å². The highest BCUT2D eigenvalue weighted by Crippen LogP contribution is 2.16. The van der Waals surface area contributed by atoms with Gasteiger partial charge in [0.25, 0.3) is 0 Å². The summed E-state index contributed by atoms with van der Waals surface area (Å²) in [5.41, 5.74) is 0.973. The van der Waals surface area contributed by atoms with E-state index in [1.807, 2.05) is 5.48 Å². The lowest BCUT2D eigenvalue weighted by Crippen LogP contribution is -2.58. The van der Waals surface area contributed by atoms with E-state index in [9.17, 15) is 4.79 Å². The minimum absolute atomic E-state index is 0.00755. The smallest absolute Gasteiger partial charge is 0.248 e. The number of hydroxylamine groups is 1. The molecule has 1 amide bonds. The van der Waals surface area contributed by atoms with Gasteiger partial charge in [0.2, 0.25) is 5.91 Å². The van der Waals surface area contributed by atoms with Gasteiger partial charge in [-0.1, -0.05) is 28.1 Å². The number of amides is 1. The first-order chi connectivity index (χ1) is 7.95. The Labute approximate surface area is 108 Å². The molecule has 1 aromatic carbocycles. The van der Waals surface area contributed by atoms with Crippen LogP contribution in [0.2, 0.25) is 0 Å². The first-order valence-corrected chi connectivity index (χ1v) is 5.73. The van der Waals surface area contributed by atoms with Crippen LogP contribution < -0.4 is 10.8 Å². The van der Waals surface area contributed by atoms with Crippen molar-refractivity contribution in [2.24, 2.45) is 0 Å². The fourth-order valence-electron chi connectivity index (χ4n) is 1.38. The molecule has 0 radical (unpaired) electrons. The van der Waals surface area contributed by atoms with Gasteiger partial charge in [-0.2, -0.15) is 5.48 Å². The topological polar surface area (TPSA) is 85.2 Å². The molecule has 17 heavy (non-hydrogen) atoms. The van der Waals surface area contributed by atoms with Crippen LogP contribution in [-0.4, -0.2) is 29.4 Å². The number of carbonyl (C=O) groups excluding carboxylic acids is 1. The van der Waals surface area contributed by atoms with Crippen molar-refractivity contribution in [1.82, 2.24) is 10.8 Å². The molecule has 0 saturated carbocycles. The van der Waals surface area contributed by atoms with E-state index in [1.165, 1.54) is 14.0 Å². The fourth-order valence-corrected chi connectivity index (χ4v) is 1.64. The van der Waals surface area contributed by atoms with Gasteiger partial charge in [-0.15, -0.1) is 0 Å². The quantitative estimate of drug-likeness (QED) is 0.499. The molecule has 0 aliphatic carbocycles. The van der Waals surface area contributed by atoms with Crippen molar-refractivity contribution < 1.29 is 10.0 Å². The molecule has 0 heterocycles. The number of carbonyl (C=O) groups is 1. The highest BCUT2D eigenvalue weighted by atomic mass is 79.9. The standard InChI is InChI=1S/C11H14BrN3O2/c1-11(15-17,10(16)14-2)9(13)7-3-5-8(12)6-4-7/h3-6,13,15,17H,1-2H3,(H,14,16). The number of hydrogen-bond donors (Lipinski definition) is 4. The van der Waals surface area contributed by atoms with Gasteiger partial charge in [-0.25, -0.2) is 0 Å². The van der Waals surface area contributed by atoms with E-state index >= 15 is 0 Å². The fraction of sp³-hybridized carbons (Fsp3) is 0.273. The Balaban J connectivity index is 3.09. The van der Waals surface area contributed by atoms with Crippen LogP contribution in [0.4, 0.5) is 0 Å². The molecule has 1 atom stereocenters. The molecule has 4 N–H and O–H groups in total. The number of nitrogens with one attached hydrogen (secondary N) is 3. The van der Waals surface area contributed by atoms with E-state index in [-0.39, 0.29) is 5.71 Å². The Bertz CT molecular complexity index is 433. The van der Waals surface area contributed by atoms with Gasteiger partial charge in [-0.05, 0) is 24.6 Å².